The Bertz CT molecular complexity index is 793. The van der Waals surface area contributed by atoms with Gasteiger partial charge < -0.3 is 4.74 Å². The van der Waals surface area contributed by atoms with Crippen molar-refractivity contribution in [2.24, 2.45) is 0 Å². The molecule has 0 unspecified atom stereocenters. The Balaban J connectivity index is 2.33. The van der Waals surface area contributed by atoms with Gasteiger partial charge in [0.1, 0.15) is 11.8 Å². The van der Waals surface area contributed by atoms with E-state index in [0.29, 0.717) is 16.9 Å². The highest BCUT2D eigenvalue weighted by atomic mass is 79.9. The Hall–Kier alpha value is -1.84. The van der Waals surface area contributed by atoms with Crippen LogP contribution in [0.1, 0.15) is 11.1 Å². The van der Waals surface area contributed by atoms with Crippen LogP contribution in [0.25, 0.3) is 0 Å². The Kier molecular flexibility index (Phi) is 4.66. The molecular formula is C15H12BrNO3S. The normalized spacial score (nSPS) is 10.9. The summed E-state index contributed by atoms with van der Waals surface area (Å²) < 4.78 is 30.6. The van der Waals surface area contributed by atoms with E-state index >= 15 is 0 Å². The van der Waals surface area contributed by atoms with Crippen molar-refractivity contribution in [3.63, 3.8) is 0 Å². The van der Waals surface area contributed by atoms with Gasteiger partial charge in [-0.3, -0.25) is 0 Å². The van der Waals surface area contributed by atoms with Gasteiger partial charge in [0.25, 0.3) is 0 Å². The zero-order valence-corrected chi connectivity index (χ0v) is 13.6. The largest absolute Gasteiger partial charge is 0.495 e. The van der Waals surface area contributed by atoms with Crippen molar-refractivity contribution in [1.82, 2.24) is 0 Å². The van der Waals surface area contributed by atoms with Crippen LogP contribution in [0.2, 0.25) is 0 Å². The highest BCUT2D eigenvalue weighted by Gasteiger charge is 2.16. The first-order chi connectivity index (χ1) is 9.96. The number of nitriles is 1. The quantitative estimate of drug-likeness (QED) is 0.833. The van der Waals surface area contributed by atoms with E-state index in [4.69, 9.17) is 10.00 Å². The molecule has 0 heterocycles. The van der Waals surface area contributed by atoms with E-state index < -0.39 is 9.84 Å². The van der Waals surface area contributed by atoms with Crippen molar-refractivity contribution in [2.45, 2.75) is 10.6 Å². The summed E-state index contributed by atoms with van der Waals surface area (Å²) in [6.07, 6.45) is 0. The highest BCUT2D eigenvalue weighted by Crippen LogP contribution is 2.23. The number of benzene rings is 2. The van der Waals surface area contributed by atoms with Gasteiger partial charge in [-0.1, -0.05) is 22.0 Å². The van der Waals surface area contributed by atoms with Crippen LogP contribution in [0.3, 0.4) is 0 Å². The molecule has 0 atom stereocenters. The number of rotatable bonds is 4. The lowest BCUT2D eigenvalue weighted by Gasteiger charge is -2.08. The third-order valence-electron chi connectivity index (χ3n) is 2.92. The summed E-state index contributed by atoms with van der Waals surface area (Å²) in [4.78, 5) is 0.258. The number of halogens is 1. The molecule has 0 aromatic heterocycles. The first-order valence-corrected chi connectivity index (χ1v) is 8.46. The summed E-state index contributed by atoms with van der Waals surface area (Å²) in [6.45, 7) is 0. The molecule has 0 amide bonds. The Morgan fingerprint density at radius 2 is 1.86 bits per heavy atom. The fourth-order valence-electron chi connectivity index (χ4n) is 1.86. The minimum Gasteiger partial charge on any atom is -0.495 e. The van der Waals surface area contributed by atoms with Gasteiger partial charge in [-0.05, 0) is 42.0 Å². The molecule has 0 saturated heterocycles. The minimum absolute atomic E-state index is 0.142. The fourth-order valence-corrected chi connectivity index (χ4v) is 3.46. The predicted octanol–water partition coefficient (Wildman–Crippen LogP) is 3.30. The van der Waals surface area contributed by atoms with E-state index in [-0.39, 0.29) is 10.6 Å². The van der Waals surface area contributed by atoms with Crippen LogP contribution in [0.4, 0.5) is 0 Å². The zero-order valence-electron chi connectivity index (χ0n) is 11.2. The average molecular weight is 366 g/mol. The van der Waals surface area contributed by atoms with Crippen molar-refractivity contribution in [3.05, 3.63) is 58.1 Å². The summed E-state index contributed by atoms with van der Waals surface area (Å²) in [7, 11) is -1.99. The van der Waals surface area contributed by atoms with Crippen LogP contribution in [0.5, 0.6) is 5.75 Å². The lowest BCUT2D eigenvalue weighted by Crippen LogP contribution is -2.05. The number of ether oxygens (including phenoxy) is 1. The van der Waals surface area contributed by atoms with E-state index in [1.165, 1.54) is 7.11 Å². The molecule has 0 bridgehead atoms. The molecule has 2 rings (SSSR count). The molecule has 0 aliphatic carbocycles. The Morgan fingerprint density at radius 1 is 1.19 bits per heavy atom. The highest BCUT2D eigenvalue weighted by molar-refractivity contribution is 9.10. The lowest BCUT2D eigenvalue weighted by molar-refractivity contribution is 0.413. The molecule has 0 spiro atoms. The predicted molar refractivity (Wildman–Crippen MR) is 82.7 cm³/mol. The molecule has 21 heavy (non-hydrogen) atoms. The standard InChI is InChI=1S/C15H12BrNO3S/c1-20-15-8-11(2-3-12(15)9-17)10-21(18,19)14-6-4-13(16)5-7-14/h2-8H,10H2,1H3. The summed E-state index contributed by atoms with van der Waals surface area (Å²) in [5.74, 6) is 0.234. The minimum atomic E-state index is -3.43. The maximum Gasteiger partial charge on any atom is 0.182 e. The first-order valence-electron chi connectivity index (χ1n) is 6.01. The Morgan fingerprint density at radius 3 is 2.43 bits per heavy atom. The summed E-state index contributed by atoms with van der Waals surface area (Å²) in [5, 5.41) is 8.92. The molecule has 0 aliphatic heterocycles. The van der Waals surface area contributed by atoms with E-state index in [0.717, 1.165) is 4.47 Å². The van der Waals surface area contributed by atoms with Gasteiger partial charge >= 0.3 is 0 Å². The molecule has 0 fully saturated rings. The smallest absolute Gasteiger partial charge is 0.182 e. The second-order valence-electron chi connectivity index (χ2n) is 4.36. The van der Waals surface area contributed by atoms with Gasteiger partial charge in [-0.25, -0.2) is 8.42 Å². The number of hydrogen-bond donors (Lipinski definition) is 0. The molecule has 2 aromatic carbocycles. The SMILES string of the molecule is COc1cc(CS(=O)(=O)c2ccc(Br)cc2)ccc1C#N. The van der Waals surface area contributed by atoms with Crippen LogP contribution in [-0.4, -0.2) is 15.5 Å². The molecule has 0 N–H and O–H groups in total. The maximum absolute atomic E-state index is 12.3. The van der Waals surface area contributed by atoms with E-state index in [9.17, 15) is 8.42 Å². The number of hydrogen-bond acceptors (Lipinski definition) is 4. The molecule has 2 aromatic rings. The molecule has 108 valence electrons. The molecule has 4 nitrogen and oxygen atoms in total. The number of methoxy groups -OCH3 is 1. The van der Waals surface area contributed by atoms with Crippen LogP contribution in [0, 0.1) is 11.3 Å². The topological polar surface area (TPSA) is 67.2 Å². The fraction of sp³-hybridized carbons (Fsp3) is 0.133. The zero-order chi connectivity index (χ0) is 15.5. The van der Waals surface area contributed by atoms with E-state index in [1.54, 1.807) is 42.5 Å². The van der Waals surface area contributed by atoms with Gasteiger partial charge in [0, 0.05) is 4.47 Å². The van der Waals surface area contributed by atoms with E-state index in [1.807, 2.05) is 6.07 Å². The molecular weight excluding hydrogens is 354 g/mol. The third-order valence-corrected chi connectivity index (χ3v) is 5.15. The molecule has 0 radical (unpaired) electrons. The molecule has 0 saturated carbocycles. The number of nitrogens with zero attached hydrogens (tertiary/aromatic N) is 1. The summed E-state index contributed by atoms with van der Waals surface area (Å²) in [5.41, 5.74) is 0.955. The van der Waals surface area contributed by atoms with Crippen molar-refractivity contribution >= 4 is 25.8 Å². The van der Waals surface area contributed by atoms with Crippen molar-refractivity contribution in [3.8, 4) is 11.8 Å². The van der Waals surface area contributed by atoms with Crippen LogP contribution in [-0.2, 0) is 15.6 Å². The summed E-state index contributed by atoms with van der Waals surface area (Å²) >= 11 is 3.27. The van der Waals surface area contributed by atoms with E-state index in [2.05, 4.69) is 15.9 Å². The summed E-state index contributed by atoms with van der Waals surface area (Å²) in [6, 6.07) is 13.2. The lowest BCUT2D eigenvalue weighted by atomic mass is 10.1. The van der Waals surface area contributed by atoms with Gasteiger partial charge in [-0.2, -0.15) is 5.26 Å². The van der Waals surface area contributed by atoms with Crippen molar-refractivity contribution < 1.29 is 13.2 Å². The van der Waals surface area contributed by atoms with Gasteiger partial charge in [-0.15, -0.1) is 0 Å². The first kappa shape index (κ1) is 15.5. The molecule has 0 aliphatic rings. The molecule has 6 heteroatoms. The van der Waals surface area contributed by atoms with Crippen molar-refractivity contribution in [1.29, 1.82) is 5.26 Å². The second-order valence-corrected chi connectivity index (χ2v) is 7.26. The maximum atomic E-state index is 12.3. The second kappa shape index (κ2) is 6.29. The third kappa shape index (κ3) is 3.63. The van der Waals surface area contributed by atoms with Crippen molar-refractivity contribution in [2.75, 3.05) is 7.11 Å². The van der Waals surface area contributed by atoms with Crippen LogP contribution < -0.4 is 4.74 Å². The average Bonchev–Trinajstić information content (AvgIpc) is 2.47. The van der Waals surface area contributed by atoms with Crippen LogP contribution in [0.15, 0.2) is 51.8 Å². The van der Waals surface area contributed by atoms with Gasteiger partial charge in [0.2, 0.25) is 0 Å². The number of sulfone groups is 1. The van der Waals surface area contributed by atoms with Crippen LogP contribution >= 0.6 is 15.9 Å². The van der Waals surface area contributed by atoms with Gasteiger partial charge in [0.05, 0.1) is 23.3 Å². The van der Waals surface area contributed by atoms with Gasteiger partial charge in [0.15, 0.2) is 9.84 Å². The monoisotopic (exact) mass is 365 g/mol. The Labute approximate surface area is 132 Å².